The highest BCUT2D eigenvalue weighted by atomic mass is 32.2. The molecule has 0 aromatic heterocycles. The van der Waals surface area contributed by atoms with Crippen LogP contribution in [0.1, 0.15) is 163 Å². The Balaban J connectivity index is 3.95. The number of rotatable bonds is 40. The summed E-state index contributed by atoms with van der Waals surface area (Å²) in [6, 6.07) is -0.834. The van der Waals surface area contributed by atoms with Gasteiger partial charge in [0.05, 0.1) is 26.4 Å². The molecule has 1 amide bonds. The van der Waals surface area contributed by atoms with Crippen molar-refractivity contribution < 1.29 is 47.7 Å². The van der Waals surface area contributed by atoms with Crippen LogP contribution >= 0.6 is 11.8 Å². The predicted molar refractivity (Wildman–Crippen MR) is 217 cm³/mol. The first-order valence-corrected chi connectivity index (χ1v) is 22.0. The van der Waals surface area contributed by atoms with Crippen LogP contribution in [-0.4, -0.2) is 105 Å². The van der Waals surface area contributed by atoms with E-state index in [1.54, 1.807) is 20.8 Å². The average Bonchev–Trinajstić information content (AvgIpc) is 3.10. The third-order valence-corrected chi connectivity index (χ3v) is 9.53. The smallest absolute Gasteiger partial charge is 0.329 e. The van der Waals surface area contributed by atoms with Gasteiger partial charge >= 0.3 is 5.97 Å². The SMILES string of the molecule is CCCCCCCCSCCCCCCCC(=O)NC(CCC(=O)CCCCOCCOCCOCCCCC(=O)COCC(C)=O)C(=O)OC(C)(C)C. The molecule has 316 valence electrons. The Morgan fingerprint density at radius 2 is 1.06 bits per heavy atom. The first-order valence-electron chi connectivity index (χ1n) is 20.9. The van der Waals surface area contributed by atoms with Crippen LogP contribution in [0.15, 0.2) is 0 Å². The topological polar surface area (TPSA) is 144 Å². The lowest BCUT2D eigenvalue weighted by atomic mass is 10.0. The monoisotopic (exact) mass is 788 g/mol. The second-order valence-electron chi connectivity index (χ2n) is 15.1. The molecule has 0 radical (unpaired) electrons. The Hall–Kier alpha value is -1.86. The van der Waals surface area contributed by atoms with Gasteiger partial charge in [-0.25, -0.2) is 4.79 Å². The van der Waals surface area contributed by atoms with Crippen molar-refractivity contribution in [3.8, 4) is 0 Å². The van der Waals surface area contributed by atoms with Gasteiger partial charge in [-0.15, -0.1) is 0 Å². The number of carbonyl (C=O) groups is 5. The molecule has 0 aliphatic heterocycles. The number of Topliss-reactive ketones (excluding diaryl/α,β-unsaturated/α-hetero) is 3. The number of ketones is 3. The van der Waals surface area contributed by atoms with Crippen molar-refractivity contribution in [2.75, 3.05) is 64.4 Å². The lowest BCUT2D eigenvalue weighted by molar-refractivity contribution is -0.159. The van der Waals surface area contributed by atoms with Crippen LogP contribution in [0, 0.1) is 0 Å². The van der Waals surface area contributed by atoms with E-state index >= 15 is 0 Å². The third kappa shape index (κ3) is 38.4. The Bertz CT molecular complexity index is 971. The van der Waals surface area contributed by atoms with Gasteiger partial charge in [0.2, 0.25) is 5.91 Å². The van der Waals surface area contributed by atoms with Gasteiger partial charge in [-0.1, -0.05) is 58.3 Å². The van der Waals surface area contributed by atoms with E-state index in [0.717, 1.165) is 32.1 Å². The van der Waals surface area contributed by atoms with Crippen molar-refractivity contribution >= 4 is 41.0 Å². The largest absolute Gasteiger partial charge is 0.458 e. The van der Waals surface area contributed by atoms with E-state index in [2.05, 4.69) is 24.0 Å². The van der Waals surface area contributed by atoms with Crippen molar-refractivity contribution in [2.45, 2.75) is 175 Å². The quantitative estimate of drug-likeness (QED) is 0.0475. The molecule has 0 bridgehead atoms. The van der Waals surface area contributed by atoms with Crippen molar-refractivity contribution in [1.82, 2.24) is 5.32 Å². The van der Waals surface area contributed by atoms with E-state index in [1.165, 1.54) is 69.8 Å². The maximum absolute atomic E-state index is 12.9. The summed E-state index contributed by atoms with van der Waals surface area (Å²) in [4.78, 5) is 60.6. The summed E-state index contributed by atoms with van der Waals surface area (Å²) in [7, 11) is 0. The number of esters is 1. The molecule has 12 heteroatoms. The van der Waals surface area contributed by atoms with Gasteiger partial charge in [0, 0.05) is 38.9 Å². The number of nitrogens with one attached hydrogen (secondary N) is 1. The van der Waals surface area contributed by atoms with E-state index in [0.29, 0.717) is 71.7 Å². The summed E-state index contributed by atoms with van der Waals surface area (Å²) >= 11 is 2.06. The molecule has 0 rings (SSSR count). The van der Waals surface area contributed by atoms with E-state index in [-0.39, 0.29) is 49.3 Å². The number of unbranched alkanes of at least 4 members (excludes halogenated alkanes) is 11. The molecular weight excluding hydrogens is 711 g/mol. The Morgan fingerprint density at radius 1 is 0.556 bits per heavy atom. The zero-order valence-electron chi connectivity index (χ0n) is 34.8. The number of thioether (sulfide) groups is 1. The molecule has 1 N–H and O–H groups in total. The van der Waals surface area contributed by atoms with Gasteiger partial charge in [0.15, 0.2) is 11.6 Å². The molecule has 0 aliphatic carbocycles. The van der Waals surface area contributed by atoms with E-state index in [9.17, 15) is 24.0 Å². The summed E-state index contributed by atoms with van der Waals surface area (Å²) in [6.45, 7) is 11.9. The van der Waals surface area contributed by atoms with Gasteiger partial charge in [-0.05, 0) is 90.6 Å². The Labute approximate surface area is 332 Å². The van der Waals surface area contributed by atoms with Crippen molar-refractivity contribution in [1.29, 1.82) is 0 Å². The van der Waals surface area contributed by atoms with Crippen LogP contribution in [0.25, 0.3) is 0 Å². The van der Waals surface area contributed by atoms with Crippen LogP contribution in [0.3, 0.4) is 0 Å². The molecule has 0 aromatic rings. The number of hydrogen-bond donors (Lipinski definition) is 1. The molecule has 1 unspecified atom stereocenters. The zero-order chi connectivity index (χ0) is 40.1. The Morgan fingerprint density at radius 3 is 1.61 bits per heavy atom. The molecule has 1 atom stereocenters. The highest BCUT2D eigenvalue weighted by Gasteiger charge is 2.27. The normalized spacial score (nSPS) is 12.1. The predicted octanol–water partition coefficient (Wildman–Crippen LogP) is 8.16. The maximum atomic E-state index is 12.9. The van der Waals surface area contributed by atoms with Crippen molar-refractivity contribution in [2.24, 2.45) is 0 Å². The van der Waals surface area contributed by atoms with Crippen LogP contribution in [-0.2, 0) is 47.7 Å². The number of amides is 1. The molecule has 0 aliphatic rings. The van der Waals surface area contributed by atoms with Gasteiger partial charge in [0.25, 0.3) is 0 Å². The van der Waals surface area contributed by atoms with Crippen LogP contribution in [0.4, 0.5) is 0 Å². The third-order valence-electron chi connectivity index (χ3n) is 8.37. The number of carbonyl (C=O) groups excluding carboxylic acids is 5. The van der Waals surface area contributed by atoms with Gasteiger partial charge in [0.1, 0.15) is 30.6 Å². The summed E-state index contributed by atoms with van der Waals surface area (Å²) < 4.78 is 27.2. The Kier molecular flexibility index (Phi) is 35.5. The van der Waals surface area contributed by atoms with Gasteiger partial charge < -0.3 is 29.0 Å². The summed E-state index contributed by atoms with van der Waals surface area (Å²) in [5.74, 6) is 1.76. The van der Waals surface area contributed by atoms with E-state index in [1.807, 2.05) is 0 Å². The fourth-order valence-electron chi connectivity index (χ4n) is 5.40. The molecule has 0 saturated heterocycles. The second kappa shape index (κ2) is 36.8. The molecule has 0 saturated carbocycles. The summed E-state index contributed by atoms with van der Waals surface area (Å²) in [5.41, 5.74) is -0.685. The second-order valence-corrected chi connectivity index (χ2v) is 16.3. The highest BCUT2D eigenvalue weighted by Crippen LogP contribution is 2.15. The van der Waals surface area contributed by atoms with Crippen LogP contribution < -0.4 is 5.32 Å². The molecule has 54 heavy (non-hydrogen) atoms. The highest BCUT2D eigenvalue weighted by molar-refractivity contribution is 7.99. The number of hydrogen-bond acceptors (Lipinski definition) is 11. The number of ether oxygens (including phenoxy) is 5. The zero-order valence-corrected chi connectivity index (χ0v) is 35.6. The first-order chi connectivity index (χ1) is 25.9. The fraction of sp³-hybridized carbons (Fsp3) is 0.881. The lowest BCUT2D eigenvalue weighted by Crippen LogP contribution is -2.44. The van der Waals surface area contributed by atoms with Crippen molar-refractivity contribution in [3.05, 3.63) is 0 Å². The molecule has 0 fully saturated rings. The van der Waals surface area contributed by atoms with E-state index < -0.39 is 17.6 Å². The van der Waals surface area contributed by atoms with Crippen molar-refractivity contribution in [3.63, 3.8) is 0 Å². The lowest BCUT2D eigenvalue weighted by Gasteiger charge is -2.24. The molecule has 0 heterocycles. The maximum Gasteiger partial charge on any atom is 0.329 e. The molecule has 0 spiro atoms. The van der Waals surface area contributed by atoms with Crippen LogP contribution in [0.2, 0.25) is 0 Å². The fourth-order valence-corrected chi connectivity index (χ4v) is 6.42. The van der Waals surface area contributed by atoms with Crippen LogP contribution in [0.5, 0.6) is 0 Å². The molecule has 0 aromatic carbocycles. The summed E-state index contributed by atoms with van der Waals surface area (Å²) in [6.07, 6.45) is 17.9. The average molecular weight is 788 g/mol. The minimum atomic E-state index is -0.834. The summed E-state index contributed by atoms with van der Waals surface area (Å²) in [5, 5.41) is 2.84. The minimum absolute atomic E-state index is 0.0125. The van der Waals surface area contributed by atoms with Gasteiger partial charge in [-0.2, -0.15) is 11.8 Å². The van der Waals surface area contributed by atoms with Gasteiger partial charge in [-0.3, -0.25) is 19.2 Å². The van der Waals surface area contributed by atoms with E-state index in [4.69, 9.17) is 23.7 Å². The molecular formula is C42H77NO10S. The first kappa shape index (κ1) is 52.1. The standard InChI is InChI=1S/C42H77NO10S/c1-6-7-8-9-12-19-32-54-33-20-13-10-11-14-23-40(47)43-39(41(48)53-42(3,4)5)25-24-37(45)21-15-17-26-49-28-30-51-31-29-50-27-18-16-22-38(46)35-52-34-36(2)44/h39H,6-35H2,1-5H3,(H,43,47). The minimum Gasteiger partial charge on any atom is -0.458 e. The molecule has 11 nitrogen and oxygen atoms in total.